The van der Waals surface area contributed by atoms with Crippen molar-refractivity contribution in [2.24, 2.45) is 0 Å². The van der Waals surface area contributed by atoms with Crippen molar-refractivity contribution in [1.29, 1.82) is 0 Å². The number of nitrogens with one attached hydrogen (secondary N) is 1. The van der Waals surface area contributed by atoms with E-state index >= 15 is 0 Å². The fraction of sp³-hybridized carbons (Fsp3) is 0.357. The molecule has 1 aliphatic heterocycles. The van der Waals surface area contributed by atoms with Crippen LogP contribution in [0.3, 0.4) is 0 Å². The second kappa shape index (κ2) is 7.26. The van der Waals surface area contributed by atoms with Gasteiger partial charge in [-0.25, -0.2) is 9.78 Å². The number of amides is 4. The highest BCUT2D eigenvalue weighted by Crippen LogP contribution is 2.11. The molecule has 1 atom stereocenters. The summed E-state index contributed by atoms with van der Waals surface area (Å²) >= 11 is 5.69. The number of imide groups is 1. The molecule has 10 heteroatoms. The molecule has 128 valence electrons. The van der Waals surface area contributed by atoms with Crippen LogP contribution in [-0.4, -0.2) is 64.8 Å². The highest BCUT2D eigenvalue weighted by Gasteiger charge is 2.35. The lowest BCUT2D eigenvalue weighted by Gasteiger charge is -2.16. The van der Waals surface area contributed by atoms with Crippen LogP contribution < -0.4 is 5.32 Å². The summed E-state index contributed by atoms with van der Waals surface area (Å²) in [5.41, 5.74) is 0. The number of esters is 1. The van der Waals surface area contributed by atoms with Crippen molar-refractivity contribution in [3.05, 3.63) is 23.4 Å². The zero-order chi connectivity index (χ0) is 17.9. The van der Waals surface area contributed by atoms with E-state index in [0.717, 1.165) is 4.90 Å². The molecule has 0 unspecified atom stereocenters. The Labute approximate surface area is 142 Å². The Hall–Kier alpha value is -2.68. The zero-order valence-electron chi connectivity index (χ0n) is 13.0. The van der Waals surface area contributed by atoms with Crippen molar-refractivity contribution < 1.29 is 23.9 Å². The molecule has 0 aliphatic carbocycles. The molecule has 24 heavy (non-hydrogen) atoms. The maximum Gasteiger partial charge on any atom is 0.327 e. The average molecular weight is 355 g/mol. The van der Waals surface area contributed by atoms with E-state index in [1.54, 1.807) is 6.07 Å². The van der Waals surface area contributed by atoms with Crippen molar-refractivity contribution in [1.82, 2.24) is 14.8 Å². The SMILES string of the molecule is C[C@H](OC(=O)CN1C(=O)CN(C)C1=O)C(=O)Nc1ccc(Cl)cn1. The monoisotopic (exact) mass is 354 g/mol. The van der Waals surface area contributed by atoms with Gasteiger partial charge in [-0.2, -0.15) is 0 Å². The van der Waals surface area contributed by atoms with Crippen LogP contribution in [0.2, 0.25) is 5.02 Å². The minimum Gasteiger partial charge on any atom is -0.451 e. The van der Waals surface area contributed by atoms with Gasteiger partial charge in [0.25, 0.3) is 11.8 Å². The number of hydrogen-bond acceptors (Lipinski definition) is 6. The van der Waals surface area contributed by atoms with Crippen LogP contribution in [0.5, 0.6) is 0 Å². The lowest BCUT2D eigenvalue weighted by Crippen LogP contribution is -2.39. The van der Waals surface area contributed by atoms with Gasteiger partial charge in [0.05, 0.1) is 5.02 Å². The van der Waals surface area contributed by atoms with E-state index in [-0.39, 0.29) is 12.4 Å². The van der Waals surface area contributed by atoms with Crippen molar-refractivity contribution in [2.75, 3.05) is 25.5 Å². The molecular formula is C14H15ClN4O5. The standard InChI is InChI=1S/C14H15ClN4O5/c1-8(13(22)17-10-4-3-9(15)5-16-10)24-12(21)7-19-11(20)6-18(2)14(19)23/h3-5,8H,6-7H2,1-2H3,(H,16,17,22)/t8-/m0/s1. The number of rotatable bonds is 5. The molecule has 1 N–H and O–H groups in total. The number of ether oxygens (including phenoxy) is 1. The largest absolute Gasteiger partial charge is 0.451 e. The molecule has 1 fully saturated rings. The number of nitrogens with zero attached hydrogens (tertiary/aromatic N) is 3. The van der Waals surface area contributed by atoms with Crippen LogP contribution in [-0.2, 0) is 19.1 Å². The first-order valence-corrected chi connectivity index (χ1v) is 7.33. The van der Waals surface area contributed by atoms with Crippen LogP contribution in [0.15, 0.2) is 18.3 Å². The van der Waals surface area contributed by atoms with Crippen LogP contribution in [0.4, 0.5) is 10.6 Å². The van der Waals surface area contributed by atoms with Gasteiger partial charge < -0.3 is 15.0 Å². The number of urea groups is 1. The molecule has 1 aromatic heterocycles. The van der Waals surface area contributed by atoms with Crippen LogP contribution in [0.1, 0.15) is 6.92 Å². The number of pyridine rings is 1. The lowest BCUT2D eigenvalue weighted by molar-refractivity contribution is -0.154. The Morgan fingerprint density at radius 1 is 1.42 bits per heavy atom. The van der Waals surface area contributed by atoms with Gasteiger partial charge in [0.2, 0.25) is 0 Å². The molecule has 0 aromatic carbocycles. The molecule has 9 nitrogen and oxygen atoms in total. The van der Waals surface area contributed by atoms with Crippen LogP contribution >= 0.6 is 11.6 Å². The molecule has 0 radical (unpaired) electrons. The Kier molecular flexibility index (Phi) is 5.35. The molecule has 0 bridgehead atoms. The van der Waals surface area contributed by atoms with Crippen LogP contribution in [0.25, 0.3) is 0 Å². The van der Waals surface area contributed by atoms with Crippen molar-refractivity contribution in [2.45, 2.75) is 13.0 Å². The minimum absolute atomic E-state index is 0.0929. The van der Waals surface area contributed by atoms with Crippen molar-refractivity contribution in [3.8, 4) is 0 Å². The first-order valence-electron chi connectivity index (χ1n) is 6.95. The Bertz CT molecular complexity index is 678. The second-order valence-corrected chi connectivity index (χ2v) is 5.54. The number of hydrogen-bond donors (Lipinski definition) is 1. The smallest absolute Gasteiger partial charge is 0.327 e. The predicted molar refractivity (Wildman–Crippen MR) is 83.2 cm³/mol. The molecule has 1 aromatic rings. The summed E-state index contributed by atoms with van der Waals surface area (Å²) in [4.78, 5) is 52.8. The van der Waals surface area contributed by atoms with Crippen molar-refractivity contribution >= 4 is 41.2 Å². The number of aromatic nitrogens is 1. The number of carbonyl (C=O) groups excluding carboxylic acids is 4. The summed E-state index contributed by atoms with van der Waals surface area (Å²) in [6.45, 7) is 0.728. The summed E-state index contributed by atoms with van der Waals surface area (Å²) in [6, 6.07) is 2.45. The van der Waals surface area contributed by atoms with E-state index in [1.807, 2.05) is 0 Å². The van der Waals surface area contributed by atoms with Crippen molar-refractivity contribution in [3.63, 3.8) is 0 Å². The summed E-state index contributed by atoms with van der Waals surface area (Å²) in [7, 11) is 1.45. The molecule has 0 spiro atoms. The minimum atomic E-state index is -1.12. The Morgan fingerprint density at radius 3 is 2.67 bits per heavy atom. The maximum atomic E-state index is 11.9. The summed E-state index contributed by atoms with van der Waals surface area (Å²) in [6.07, 6.45) is 0.232. The Morgan fingerprint density at radius 2 is 2.12 bits per heavy atom. The van der Waals surface area contributed by atoms with Gasteiger partial charge in [0.15, 0.2) is 6.10 Å². The fourth-order valence-corrected chi connectivity index (χ4v) is 2.03. The maximum absolute atomic E-state index is 11.9. The molecule has 2 rings (SSSR count). The number of halogens is 1. The molecule has 1 aliphatic rings. The van der Waals surface area contributed by atoms with Gasteiger partial charge in [-0.3, -0.25) is 19.3 Å². The van der Waals surface area contributed by atoms with E-state index in [0.29, 0.717) is 5.02 Å². The number of likely N-dealkylation sites (N-methyl/N-ethyl adjacent to an activating group) is 1. The second-order valence-electron chi connectivity index (χ2n) is 5.10. The average Bonchev–Trinajstić information content (AvgIpc) is 2.76. The molecule has 1 saturated heterocycles. The first-order chi connectivity index (χ1) is 11.3. The number of carbonyl (C=O) groups is 4. The third-order valence-electron chi connectivity index (χ3n) is 3.17. The van der Waals surface area contributed by atoms with Gasteiger partial charge in [0, 0.05) is 13.2 Å². The molecular weight excluding hydrogens is 340 g/mol. The fourth-order valence-electron chi connectivity index (χ4n) is 1.92. The van der Waals surface area contributed by atoms with Gasteiger partial charge in [0.1, 0.15) is 18.9 Å². The summed E-state index contributed by atoms with van der Waals surface area (Å²) in [5.74, 6) is -1.71. The quantitative estimate of drug-likeness (QED) is 0.609. The summed E-state index contributed by atoms with van der Waals surface area (Å²) in [5, 5.41) is 2.87. The van der Waals surface area contributed by atoms with E-state index < -0.39 is 36.5 Å². The third-order valence-corrected chi connectivity index (χ3v) is 3.40. The normalized spacial score (nSPS) is 15.5. The van der Waals surface area contributed by atoms with Gasteiger partial charge in [-0.15, -0.1) is 0 Å². The highest BCUT2D eigenvalue weighted by molar-refractivity contribution is 6.30. The highest BCUT2D eigenvalue weighted by atomic mass is 35.5. The van der Waals surface area contributed by atoms with Crippen LogP contribution in [0, 0.1) is 0 Å². The van der Waals surface area contributed by atoms with E-state index in [9.17, 15) is 19.2 Å². The third kappa shape index (κ3) is 4.19. The van der Waals surface area contributed by atoms with E-state index in [1.165, 1.54) is 31.1 Å². The predicted octanol–water partition coefficient (Wildman–Crippen LogP) is 0.499. The zero-order valence-corrected chi connectivity index (χ0v) is 13.7. The topological polar surface area (TPSA) is 109 Å². The van der Waals surface area contributed by atoms with E-state index in [2.05, 4.69) is 10.3 Å². The van der Waals surface area contributed by atoms with Gasteiger partial charge >= 0.3 is 12.0 Å². The van der Waals surface area contributed by atoms with E-state index in [4.69, 9.17) is 16.3 Å². The number of anilines is 1. The van der Waals surface area contributed by atoms with Gasteiger partial charge in [-0.1, -0.05) is 11.6 Å². The molecule has 2 heterocycles. The molecule has 4 amide bonds. The Balaban J connectivity index is 1.86. The summed E-state index contributed by atoms with van der Waals surface area (Å²) < 4.78 is 4.93. The lowest BCUT2D eigenvalue weighted by atomic mass is 10.3. The van der Waals surface area contributed by atoms with Gasteiger partial charge in [-0.05, 0) is 19.1 Å². The first kappa shape index (κ1) is 17.7. The molecule has 0 saturated carbocycles.